The second-order valence-corrected chi connectivity index (χ2v) is 5.57. The second-order valence-electron chi connectivity index (χ2n) is 5.57. The molecular weight excluding hydrogens is 264 g/mol. The highest BCUT2D eigenvalue weighted by atomic mass is 16.2. The van der Waals surface area contributed by atoms with Crippen molar-refractivity contribution in [1.82, 2.24) is 10.6 Å². The Morgan fingerprint density at radius 1 is 1.14 bits per heavy atom. The van der Waals surface area contributed by atoms with Gasteiger partial charge in [0.15, 0.2) is 5.78 Å². The van der Waals surface area contributed by atoms with E-state index in [1.165, 1.54) is 5.56 Å². The topological polar surface area (TPSA) is 58.2 Å². The van der Waals surface area contributed by atoms with Crippen LogP contribution in [0.25, 0.3) is 0 Å². The lowest BCUT2D eigenvalue weighted by Gasteiger charge is -2.23. The zero-order valence-corrected chi connectivity index (χ0v) is 12.7. The summed E-state index contributed by atoms with van der Waals surface area (Å²) >= 11 is 0. The molecule has 0 saturated carbocycles. The number of carbonyl (C=O) groups excluding carboxylic acids is 2. The molecule has 21 heavy (non-hydrogen) atoms. The molecule has 0 bridgehead atoms. The van der Waals surface area contributed by atoms with Gasteiger partial charge < -0.3 is 10.6 Å². The number of hydrogen-bond acceptors (Lipinski definition) is 3. The maximum absolute atomic E-state index is 12.1. The van der Waals surface area contributed by atoms with E-state index >= 15 is 0 Å². The van der Waals surface area contributed by atoms with Crippen LogP contribution in [0.2, 0.25) is 0 Å². The minimum atomic E-state index is -0.0135. The third-order valence-electron chi connectivity index (χ3n) is 3.97. The van der Waals surface area contributed by atoms with Gasteiger partial charge >= 0.3 is 0 Å². The summed E-state index contributed by atoms with van der Waals surface area (Å²) in [5.74, 6) is 0.0264. The third-order valence-corrected chi connectivity index (χ3v) is 3.97. The number of amides is 1. The van der Waals surface area contributed by atoms with E-state index in [-0.39, 0.29) is 30.6 Å². The fourth-order valence-corrected chi connectivity index (χ4v) is 2.56. The van der Waals surface area contributed by atoms with Crippen LogP contribution in [0.1, 0.15) is 48.5 Å². The predicted octanol–water partition coefficient (Wildman–Crippen LogP) is 2.08. The first kappa shape index (κ1) is 15.7. The molecule has 0 spiro atoms. The molecule has 4 nitrogen and oxygen atoms in total. The number of ketones is 1. The maximum atomic E-state index is 12.1. The van der Waals surface area contributed by atoms with Gasteiger partial charge in [0.05, 0.1) is 0 Å². The van der Waals surface area contributed by atoms with Crippen molar-refractivity contribution in [2.75, 3.05) is 13.1 Å². The Morgan fingerprint density at radius 3 is 2.43 bits per heavy atom. The molecule has 1 heterocycles. The monoisotopic (exact) mass is 288 g/mol. The Labute approximate surface area is 126 Å². The van der Waals surface area contributed by atoms with Crippen molar-refractivity contribution in [3.63, 3.8) is 0 Å². The summed E-state index contributed by atoms with van der Waals surface area (Å²) < 4.78 is 0. The van der Waals surface area contributed by atoms with Crippen LogP contribution < -0.4 is 10.6 Å². The lowest BCUT2D eigenvalue weighted by molar-refractivity contribution is -0.121. The first-order chi connectivity index (χ1) is 10.2. The summed E-state index contributed by atoms with van der Waals surface area (Å²) in [6.07, 6.45) is 3.46. The molecule has 1 aromatic carbocycles. The number of carbonyl (C=O) groups is 2. The molecule has 0 aromatic heterocycles. The summed E-state index contributed by atoms with van der Waals surface area (Å²) in [7, 11) is 0. The van der Waals surface area contributed by atoms with Gasteiger partial charge in [0, 0.05) is 24.4 Å². The van der Waals surface area contributed by atoms with Gasteiger partial charge in [0.2, 0.25) is 5.91 Å². The van der Waals surface area contributed by atoms with E-state index in [0.29, 0.717) is 5.56 Å². The lowest BCUT2D eigenvalue weighted by Crippen LogP contribution is -2.42. The van der Waals surface area contributed by atoms with E-state index in [1.807, 2.05) is 24.3 Å². The lowest BCUT2D eigenvalue weighted by atomic mass is 10.0. The van der Waals surface area contributed by atoms with Crippen molar-refractivity contribution in [3.8, 4) is 0 Å². The molecule has 2 N–H and O–H groups in total. The smallest absolute Gasteiger partial charge is 0.220 e. The minimum absolute atomic E-state index is 0.0135. The van der Waals surface area contributed by atoms with Gasteiger partial charge in [-0.1, -0.05) is 31.2 Å². The number of nitrogens with one attached hydrogen (secondary N) is 2. The Balaban J connectivity index is 1.75. The van der Waals surface area contributed by atoms with Crippen molar-refractivity contribution >= 4 is 11.7 Å². The van der Waals surface area contributed by atoms with E-state index < -0.39 is 0 Å². The third kappa shape index (κ3) is 4.97. The largest absolute Gasteiger partial charge is 0.353 e. The van der Waals surface area contributed by atoms with Crippen LogP contribution in [0.5, 0.6) is 0 Å². The normalized spacial score (nSPS) is 15.7. The van der Waals surface area contributed by atoms with Gasteiger partial charge in [0.1, 0.15) is 0 Å². The maximum Gasteiger partial charge on any atom is 0.220 e. The van der Waals surface area contributed by atoms with Gasteiger partial charge in [-0.2, -0.15) is 0 Å². The molecule has 1 fully saturated rings. The number of Topliss-reactive ketones (excluding diaryl/α,β-unsaturated/α-hetero) is 1. The van der Waals surface area contributed by atoms with Crippen molar-refractivity contribution in [3.05, 3.63) is 35.4 Å². The van der Waals surface area contributed by atoms with Gasteiger partial charge in [0.25, 0.3) is 0 Å². The number of piperidine rings is 1. The number of benzene rings is 1. The first-order valence-electron chi connectivity index (χ1n) is 7.81. The fourth-order valence-electron chi connectivity index (χ4n) is 2.56. The van der Waals surface area contributed by atoms with Crippen molar-refractivity contribution in [1.29, 1.82) is 0 Å². The van der Waals surface area contributed by atoms with Crippen LogP contribution in [0, 0.1) is 0 Å². The van der Waals surface area contributed by atoms with Gasteiger partial charge in [-0.15, -0.1) is 0 Å². The molecule has 0 aliphatic carbocycles. The molecular formula is C17H24N2O2. The molecule has 0 unspecified atom stereocenters. The van der Waals surface area contributed by atoms with Crippen LogP contribution in [-0.2, 0) is 11.2 Å². The molecule has 0 radical (unpaired) electrons. The molecule has 1 amide bonds. The zero-order chi connectivity index (χ0) is 15.1. The van der Waals surface area contributed by atoms with Gasteiger partial charge in [-0.25, -0.2) is 0 Å². The average Bonchev–Trinajstić information content (AvgIpc) is 2.53. The molecule has 1 aliphatic heterocycles. The highest BCUT2D eigenvalue weighted by Crippen LogP contribution is 2.09. The number of rotatable bonds is 6. The molecule has 1 aromatic rings. The van der Waals surface area contributed by atoms with Crippen molar-refractivity contribution < 1.29 is 9.59 Å². The molecule has 2 rings (SSSR count). The molecule has 4 heteroatoms. The Kier molecular flexibility index (Phi) is 5.93. The summed E-state index contributed by atoms with van der Waals surface area (Å²) in [5, 5.41) is 6.28. The highest BCUT2D eigenvalue weighted by Gasteiger charge is 2.16. The quantitative estimate of drug-likeness (QED) is 0.788. The van der Waals surface area contributed by atoms with E-state index in [2.05, 4.69) is 17.6 Å². The van der Waals surface area contributed by atoms with Gasteiger partial charge in [-0.05, 0) is 37.9 Å². The predicted molar refractivity (Wildman–Crippen MR) is 83.4 cm³/mol. The molecule has 114 valence electrons. The summed E-state index contributed by atoms with van der Waals surface area (Å²) in [6, 6.07) is 7.92. The SMILES string of the molecule is CCc1ccc(C(=O)CCC(=O)NC2CCNCC2)cc1. The summed E-state index contributed by atoms with van der Waals surface area (Å²) in [5.41, 5.74) is 1.91. The summed E-state index contributed by atoms with van der Waals surface area (Å²) in [6.45, 7) is 3.99. The first-order valence-corrected chi connectivity index (χ1v) is 7.81. The fraction of sp³-hybridized carbons (Fsp3) is 0.529. The second kappa shape index (κ2) is 7.93. The van der Waals surface area contributed by atoms with Crippen molar-refractivity contribution in [2.24, 2.45) is 0 Å². The van der Waals surface area contributed by atoms with Crippen molar-refractivity contribution in [2.45, 2.75) is 45.1 Å². The average molecular weight is 288 g/mol. The molecule has 1 aliphatic rings. The Morgan fingerprint density at radius 2 is 1.81 bits per heavy atom. The van der Waals surface area contributed by atoms with Gasteiger partial charge in [-0.3, -0.25) is 9.59 Å². The minimum Gasteiger partial charge on any atom is -0.353 e. The van der Waals surface area contributed by atoms with E-state index in [1.54, 1.807) is 0 Å². The standard InChI is InChI=1S/C17H24N2O2/c1-2-13-3-5-14(6-4-13)16(20)7-8-17(21)19-15-9-11-18-12-10-15/h3-6,15,18H,2,7-12H2,1H3,(H,19,21). The van der Waals surface area contributed by atoms with Crippen LogP contribution in [0.3, 0.4) is 0 Å². The number of hydrogen-bond donors (Lipinski definition) is 2. The van der Waals surface area contributed by atoms with E-state index in [4.69, 9.17) is 0 Å². The highest BCUT2D eigenvalue weighted by molar-refractivity contribution is 5.97. The molecule has 1 saturated heterocycles. The summed E-state index contributed by atoms with van der Waals surface area (Å²) in [4.78, 5) is 23.9. The van der Waals surface area contributed by atoms with Crippen LogP contribution in [0.15, 0.2) is 24.3 Å². The number of aryl methyl sites for hydroxylation is 1. The van der Waals surface area contributed by atoms with Crippen LogP contribution >= 0.6 is 0 Å². The Hall–Kier alpha value is -1.68. The van der Waals surface area contributed by atoms with Crippen LogP contribution in [0.4, 0.5) is 0 Å². The van der Waals surface area contributed by atoms with Crippen LogP contribution in [-0.4, -0.2) is 30.8 Å². The Bertz CT molecular complexity index is 476. The molecule has 0 atom stereocenters. The zero-order valence-electron chi connectivity index (χ0n) is 12.7. The van der Waals surface area contributed by atoms with E-state index in [9.17, 15) is 9.59 Å². The van der Waals surface area contributed by atoms with E-state index in [0.717, 1.165) is 32.4 Å².